The van der Waals surface area contributed by atoms with Crippen molar-refractivity contribution in [3.05, 3.63) is 0 Å². The van der Waals surface area contributed by atoms with Crippen LogP contribution in [0.15, 0.2) is 0 Å². The molecule has 0 saturated carbocycles. The van der Waals surface area contributed by atoms with Gasteiger partial charge in [-0.3, -0.25) is 0 Å². The molecule has 0 aromatic heterocycles. The molecule has 0 radical (unpaired) electrons. The molecule has 0 heterocycles. The lowest BCUT2D eigenvalue weighted by atomic mass is 9.77. The minimum atomic E-state index is 0.415. The van der Waals surface area contributed by atoms with Gasteiger partial charge in [0.25, 0.3) is 0 Å². The van der Waals surface area contributed by atoms with Crippen molar-refractivity contribution in [1.29, 1.82) is 0 Å². The number of alkyl halides is 1. The summed E-state index contributed by atoms with van der Waals surface area (Å²) in [5.41, 5.74) is 0.415. The van der Waals surface area contributed by atoms with Crippen LogP contribution >= 0.6 is 15.9 Å². The summed E-state index contributed by atoms with van der Waals surface area (Å²) in [4.78, 5) is 0.641. The van der Waals surface area contributed by atoms with Crippen molar-refractivity contribution < 1.29 is 0 Å². The lowest BCUT2D eigenvalue weighted by Crippen LogP contribution is -2.29. The van der Waals surface area contributed by atoms with Crippen LogP contribution in [0.2, 0.25) is 0 Å². The van der Waals surface area contributed by atoms with Crippen LogP contribution in [0.4, 0.5) is 0 Å². The topological polar surface area (TPSA) is 0 Å². The highest BCUT2D eigenvalue weighted by molar-refractivity contribution is 9.09. The minimum Gasteiger partial charge on any atom is -0.0885 e. The van der Waals surface area contributed by atoms with Crippen molar-refractivity contribution in [2.75, 3.05) is 0 Å². The van der Waals surface area contributed by atoms with E-state index in [4.69, 9.17) is 0 Å². The summed E-state index contributed by atoms with van der Waals surface area (Å²) in [7, 11) is 0. The van der Waals surface area contributed by atoms with Gasteiger partial charge in [-0.15, -0.1) is 0 Å². The standard InChI is InChI=1S/C10H21Br/c1-7(2)9(11)8(3)10(4,5)6/h7-9H,1-6H3. The number of hydrogen-bond donors (Lipinski definition) is 0. The van der Waals surface area contributed by atoms with Gasteiger partial charge in [0.05, 0.1) is 0 Å². The summed E-state index contributed by atoms with van der Waals surface area (Å²) in [5, 5.41) is 0. The minimum absolute atomic E-state index is 0.415. The largest absolute Gasteiger partial charge is 0.0885 e. The molecule has 0 aromatic rings. The third kappa shape index (κ3) is 3.59. The Bertz CT molecular complexity index is 111. The molecule has 2 unspecified atom stereocenters. The van der Waals surface area contributed by atoms with Crippen LogP contribution in [-0.2, 0) is 0 Å². The SMILES string of the molecule is CC(C)C(Br)C(C)C(C)(C)C. The monoisotopic (exact) mass is 220 g/mol. The van der Waals surface area contributed by atoms with Gasteiger partial charge in [-0.2, -0.15) is 0 Å². The molecule has 11 heavy (non-hydrogen) atoms. The molecule has 0 spiro atoms. The van der Waals surface area contributed by atoms with Crippen LogP contribution in [0.1, 0.15) is 41.5 Å². The molecule has 0 aromatic carbocycles. The van der Waals surface area contributed by atoms with Crippen LogP contribution in [0.5, 0.6) is 0 Å². The molecule has 0 nitrogen and oxygen atoms in total. The predicted molar refractivity (Wildman–Crippen MR) is 56.2 cm³/mol. The molecule has 0 amide bonds. The Morgan fingerprint density at radius 1 is 1.00 bits per heavy atom. The first-order valence-corrected chi connectivity index (χ1v) is 5.32. The van der Waals surface area contributed by atoms with Gasteiger partial charge >= 0.3 is 0 Å². The fourth-order valence-corrected chi connectivity index (χ4v) is 1.85. The maximum Gasteiger partial charge on any atom is 0.0199 e. The van der Waals surface area contributed by atoms with Gasteiger partial charge in [0, 0.05) is 4.83 Å². The molecule has 0 aliphatic rings. The number of rotatable bonds is 2. The Hall–Kier alpha value is 0.480. The normalized spacial score (nSPS) is 18.5. The van der Waals surface area contributed by atoms with Gasteiger partial charge in [0.15, 0.2) is 0 Å². The Labute approximate surface area is 79.9 Å². The molecule has 0 aliphatic carbocycles. The van der Waals surface area contributed by atoms with Gasteiger partial charge in [0.1, 0.15) is 0 Å². The van der Waals surface area contributed by atoms with Gasteiger partial charge in [-0.05, 0) is 17.3 Å². The fourth-order valence-electron chi connectivity index (χ4n) is 1.06. The van der Waals surface area contributed by atoms with E-state index in [2.05, 4.69) is 57.5 Å². The third-order valence-corrected chi connectivity index (χ3v) is 4.33. The van der Waals surface area contributed by atoms with Gasteiger partial charge in [-0.1, -0.05) is 57.5 Å². The smallest absolute Gasteiger partial charge is 0.0199 e. The molecule has 0 fully saturated rings. The van der Waals surface area contributed by atoms with Gasteiger partial charge in [-0.25, -0.2) is 0 Å². The van der Waals surface area contributed by atoms with Gasteiger partial charge in [0.2, 0.25) is 0 Å². The molecule has 0 rings (SSSR count). The number of halogens is 1. The molecule has 68 valence electrons. The van der Waals surface area contributed by atoms with Crippen molar-refractivity contribution >= 4 is 15.9 Å². The fraction of sp³-hybridized carbons (Fsp3) is 1.00. The molecule has 0 N–H and O–H groups in total. The number of hydrogen-bond acceptors (Lipinski definition) is 0. The molecule has 0 aliphatic heterocycles. The van der Waals surface area contributed by atoms with E-state index in [0.717, 1.165) is 11.8 Å². The zero-order chi connectivity index (χ0) is 9.23. The van der Waals surface area contributed by atoms with Crippen molar-refractivity contribution in [2.24, 2.45) is 17.3 Å². The van der Waals surface area contributed by atoms with Crippen molar-refractivity contribution in [3.8, 4) is 0 Å². The third-order valence-electron chi connectivity index (χ3n) is 2.48. The Kier molecular flexibility index (Phi) is 4.10. The molecule has 0 saturated heterocycles. The summed E-state index contributed by atoms with van der Waals surface area (Å²) in [5.74, 6) is 1.45. The highest BCUT2D eigenvalue weighted by Gasteiger charge is 2.27. The van der Waals surface area contributed by atoms with Crippen LogP contribution in [-0.4, -0.2) is 4.83 Å². The van der Waals surface area contributed by atoms with E-state index in [1.54, 1.807) is 0 Å². The van der Waals surface area contributed by atoms with Crippen LogP contribution < -0.4 is 0 Å². The van der Waals surface area contributed by atoms with E-state index >= 15 is 0 Å². The quantitative estimate of drug-likeness (QED) is 0.616. The molecule has 2 atom stereocenters. The summed E-state index contributed by atoms with van der Waals surface area (Å²) in [6.45, 7) is 13.7. The molecular formula is C10H21Br. The molecule has 0 bridgehead atoms. The van der Waals surface area contributed by atoms with E-state index in [1.165, 1.54) is 0 Å². The lowest BCUT2D eigenvalue weighted by Gasteiger charge is -2.33. The van der Waals surface area contributed by atoms with Crippen molar-refractivity contribution in [1.82, 2.24) is 0 Å². The van der Waals surface area contributed by atoms with Crippen molar-refractivity contribution in [3.63, 3.8) is 0 Å². The maximum atomic E-state index is 3.74. The predicted octanol–water partition coefficient (Wildman–Crippen LogP) is 4.09. The second kappa shape index (κ2) is 3.93. The summed E-state index contributed by atoms with van der Waals surface area (Å²) < 4.78 is 0. The summed E-state index contributed by atoms with van der Waals surface area (Å²) in [6.07, 6.45) is 0. The van der Waals surface area contributed by atoms with E-state index in [-0.39, 0.29) is 0 Å². The van der Waals surface area contributed by atoms with Crippen LogP contribution in [0.3, 0.4) is 0 Å². The molecular weight excluding hydrogens is 200 g/mol. The average Bonchev–Trinajstić information content (AvgIpc) is 1.82. The van der Waals surface area contributed by atoms with E-state index in [9.17, 15) is 0 Å². The van der Waals surface area contributed by atoms with E-state index < -0.39 is 0 Å². The second-order valence-corrected chi connectivity index (χ2v) is 5.90. The first kappa shape index (κ1) is 11.5. The van der Waals surface area contributed by atoms with Crippen LogP contribution in [0, 0.1) is 17.3 Å². The zero-order valence-electron chi connectivity index (χ0n) is 8.61. The Morgan fingerprint density at radius 3 is 1.45 bits per heavy atom. The first-order valence-electron chi connectivity index (χ1n) is 4.41. The van der Waals surface area contributed by atoms with Crippen LogP contribution in [0.25, 0.3) is 0 Å². The highest BCUT2D eigenvalue weighted by atomic mass is 79.9. The maximum absolute atomic E-state index is 3.74. The first-order chi connectivity index (χ1) is 4.76. The van der Waals surface area contributed by atoms with Crippen molar-refractivity contribution in [2.45, 2.75) is 46.4 Å². The zero-order valence-corrected chi connectivity index (χ0v) is 10.2. The lowest BCUT2D eigenvalue weighted by molar-refractivity contribution is 0.236. The van der Waals surface area contributed by atoms with E-state index in [1.807, 2.05) is 0 Å². The van der Waals surface area contributed by atoms with E-state index in [0.29, 0.717) is 10.2 Å². The van der Waals surface area contributed by atoms with Gasteiger partial charge < -0.3 is 0 Å². The highest BCUT2D eigenvalue weighted by Crippen LogP contribution is 2.34. The summed E-state index contributed by atoms with van der Waals surface area (Å²) >= 11 is 3.74. The molecule has 1 heteroatoms. The second-order valence-electron chi connectivity index (χ2n) is 4.84. The Balaban J connectivity index is 4.13. The average molecular weight is 221 g/mol. The Morgan fingerprint density at radius 2 is 1.36 bits per heavy atom. The summed E-state index contributed by atoms with van der Waals surface area (Å²) in [6, 6.07) is 0.